The minimum atomic E-state index is -0.0466. The molecular formula is C23H20N2O2. The minimum Gasteiger partial charge on any atom is -0.436 e. The Morgan fingerprint density at radius 1 is 1.00 bits per heavy atom. The van der Waals surface area contributed by atoms with Crippen molar-refractivity contribution in [3.63, 3.8) is 0 Å². The number of benzene rings is 3. The Kier molecular flexibility index (Phi) is 4.47. The number of amides is 1. The SMILES string of the molecule is Cc1ccc2nc(-c3ccc(C)c(NC(=O)Cc4ccccc4)c3)oc2c1. The second kappa shape index (κ2) is 7.08. The molecule has 3 aromatic carbocycles. The second-order valence-corrected chi connectivity index (χ2v) is 6.73. The van der Waals surface area contributed by atoms with Gasteiger partial charge in [-0.25, -0.2) is 4.98 Å². The molecule has 0 fully saturated rings. The molecule has 0 atom stereocenters. The fraction of sp³-hybridized carbons (Fsp3) is 0.130. The number of nitrogens with zero attached hydrogens (tertiary/aromatic N) is 1. The highest BCUT2D eigenvalue weighted by molar-refractivity contribution is 5.93. The lowest BCUT2D eigenvalue weighted by molar-refractivity contribution is -0.115. The average Bonchev–Trinajstić information content (AvgIpc) is 3.07. The lowest BCUT2D eigenvalue weighted by atomic mass is 10.1. The number of rotatable bonds is 4. The summed E-state index contributed by atoms with van der Waals surface area (Å²) in [4.78, 5) is 17.0. The molecular weight excluding hydrogens is 336 g/mol. The van der Waals surface area contributed by atoms with Crippen LogP contribution in [-0.4, -0.2) is 10.9 Å². The Labute approximate surface area is 157 Å². The summed E-state index contributed by atoms with van der Waals surface area (Å²) < 4.78 is 5.91. The number of hydrogen-bond donors (Lipinski definition) is 1. The van der Waals surface area contributed by atoms with Crippen LogP contribution >= 0.6 is 0 Å². The maximum absolute atomic E-state index is 12.4. The van der Waals surface area contributed by atoms with Crippen molar-refractivity contribution >= 4 is 22.7 Å². The molecule has 0 saturated heterocycles. The molecule has 1 aromatic heterocycles. The van der Waals surface area contributed by atoms with Gasteiger partial charge in [-0.1, -0.05) is 42.5 Å². The molecule has 1 N–H and O–H groups in total. The van der Waals surface area contributed by atoms with E-state index < -0.39 is 0 Å². The van der Waals surface area contributed by atoms with Crippen molar-refractivity contribution in [2.24, 2.45) is 0 Å². The molecule has 27 heavy (non-hydrogen) atoms. The molecule has 1 amide bonds. The third-order valence-electron chi connectivity index (χ3n) is 4.51. The number of oxazole rings is 1. The molecule has 0 bridgehead atoms. The quantitative estimate of drug-likeness (QED) is 0.540. The van der Waals surface area contributed by atoms with Gasteiger partial charge < -0.3 is 9.73 Å². The monoisotopic (exact) mass is 356 g/mol. The number of aromatic nitrogens is 1. The minimum absolute atomic E-state index is 0.0466. The third kappa shape index (κ3) is 3.75. The highest BCUT2D eigenvalue weighted by Crippen LogP contribution is 2.28. The summed E-state index contributed by atoms with van der Waals surface area (Å²) in [6.45, 7) is 3.99. The van der Waals surface area contributed by atoms with E-state index >= 15 is 0 Å². The molecule has 4 rings (SSSR count). The number of carbonyl (C=O) groups is 1. The van der Waals surface area contributed by atoms with Crippen LogP contribution in [0.5, 0.6) is 0 Å². The van der Waals surface area contributed by atoms with E-state index in [2.05, 4.69) is 10.3 Å². The van der Waals surface area contributed by atoms with Gasteiger partial charge in [-0.3, -0.25) is 4.79 Å². The van der Waals surface area contributed by atoms with Gasteiger partial charge in [-0.15, -0.1) is 0 Å². The first-order valence-electron chi connectivity index (χ1n) is 8.90. The van der Waals surface area contributed by atoms with E-state index in [1.54, 1.807) is 0 Å². The summed E-state index contributed by atoms with van der Waals surface area (Å²) >= 11 is 0. The predicted octanol–water partition coefficient (Wildman–Crippen LogP) is 5.29. The van der Waals surface area contributed by atoms with E-state index in [1.165, 1.54) is 0 Å². The first-order valence-corrected chi connectivity index (χ1v) is 8.90. The van der Waals surface area contributed by atoms with Gasteiger partial charge in [0.1, 0.15) is 5.52 Å². The van der Waals surface area contributed by atoms with Crippen LogP contribution in [0.25, 0.3) is 22.6 Å². The van der Waals surface area contributed by atoms with Crippen LogP contribution in [0, 0.1) is 13.8 Å². The first kappa shape index (κ1) is 17.0. The van der Waals surface area contributed by atoms with Crippen LogP contribution in [0.15, 0.2) is 71.1 Å². The fourth-order valence-electron chi connectivity index (χ4n) is 3.02. The molecule has 4 aromatic rings. The Morgan fingerprint density at radius 2 is 1.81 bits per heavy atom. The Balaban J connectivity index is 1.59. The summed E-state index contributed by atoms with van der Waals surface area (Å²) in [5.41, 5.74) is 6.30. The van der Waals surface area contributed by atoms with Gasteiger partial charge in [0.15, 0.2) is 5.58 Å². The molecule has 1 heterocycles. The van der Waals surface area contributed by atoms with Crippen molar-refractivity contribution in [3.05, 3.63) is 83.4 Å². The normalized spacial score (nSPS) is 10.9. The van der Waals surface area contributed by atoms with Gasteiger partial charge in [0, 0.05) is 11.3 Å². The van der Waals surface area contributed by atoms with Crippen LogP contribution in [-0.2, 0) is 11.2 Å². The van der Waals surface area contributed by atoms with Crippen LogP contribution in [0.4, 0.5) is 5.69 Å². The zero-order valence-electron chi connectivity index (χ0n) is 15.3. The van der Waals surface area contributed by atoms with Crippen LogP contribution in [0.1, 0.15) is 16.7 Å². The molecule has 0 unspecified atom stereocenters. The summed E-state index contributed by atoms with van der Waals surface area (Å²) in [5, 5.41) is 3.00. The molecule has 0 spiro atoms. The number of fused-ring (bicyclic) bond motifs is 1. The average molecular weight is 356 g/mol. The number of aryl methyl sites for hydroxylation is 2. The summed E-state index contributed by atoms with van der Waals surface area (Å²) in [5.74, 6) is 0.504. The van der Waals surface area contributed by atoms with Gasteiger partial charge in [0.25, 0.3) is 0 Å². The van der Waals surface area contributed by atoms with Gasteiger partial charge in [0.2, 0.25) is 11.8 Å². The van der Waals surface area contributed by atoms with Crippen molar-refractivity contribution in [2.45, 2.75) is 20.3 Å². The van der Waals surface area contributed by atoms with E-state index in [9.17, 15) is 4.79 Å². The molecule has 134 valence electrons. The molecule has 0 saturated carbocycles. The smallest absolute Gasteiger partial charge is 0.228 e. The molecule has 4 heteroatoms. The highest BCUT2D eigenvalue weighted by Gasteiger charge is 2.12. The van der Waals surface area contributed by atoms with Crippen LogP contribution in [0.3, 0.4) is 0 Å². The van der Waals surface area contributed by atoms with Crippen LogP contribution in [0.2, 0.25) is 0 Å². The topological polar surface area (TPSA) is 55.1 Å². The van der Waals surface area contributed by atoms with Crippen LogP contribution < -0.4 is 5.32 Å². The third-order valence-corrected chi connectivity index (χ3v) is 4.51. The Hall–Kier alpha value is -3.40. The highest BCUT2D eigenvalue weighted by atomic mass is 16.3. The lowest BCUT2D eigenvalue weighted by Crippen LogP contribution is -2.15. The number of carbonyl (C=O) groups excluding carboxylic acids is 1. The Morgan fingerprint density at radius 3 is 2.63 bits per heavy atom. The van der Waals surface area contributed by atoms with E-state index in [0.717, 1.165) is 39.0 Å². The number of anilines is 1. The maximum atomic E-state index is 12.4. The molecule has 0 aliphatic heterocycles. The van der Waals surface area contributed by atoms with Gasteiger partial charge in [-0.05, 0) is 54.8 Å². The van der Waals surface area contributed by atoms with E-state index in [-0.39, 0.29) is 5.91 Å². The van der Waals surface area contributed by atoms with Crippen molar-refractivity contribution in [1.82, 2.24) is 4.98 Å². The lowest BCUT2D eigenvalue weighted by Gasteiger charge is -2.10. The van der Waals surface area contributed by atoms with E-state index in [4.69, 9.17) is 4.42 Å². The summed E-state index contributed by atoms with van der Waals surface area (Å²) in [6, 6.07) is 21.5. The van der Waals surface area contributed by atoms with Crippen molar-refractivity contribution < 1.29 is 9.21 Å². The summed E-state index contributed by atoms with van der Waals surface area (Å²) in [6.07, 6.45) is 0.340. The van der Waals surface area contributed by atoms with Gasteiger partial charge in [-0.2, -0.15) is 0 Å². The second-order valence-electron chi connectivity index (χ2n) is 6.73. The zero-order valence-corrected chi connectivity index (χ0v) is 15.3. The van der Waals surface area contributed by atoms with E-state index in [0.29, 0.717) is 12.3 Å². The Bertz CT molecular complexity index is 1110. The van der Waals surface area contributed by atoms with Gasteiger partial charge >= 0.3 is 0 Å². The van der Waals surface area contributed by atoms with Crippen molar-refractivity contribution in [2.75, 3.05) is 5.32 Å². The largest absolute Gasteiger partial charge is 0.436 e. The molecule has 0 radical (unpaired) electrons. The zero-order chi connectivity index (χ0) is 18.8. The predicted molar refractivity (Wildman–Crippen MR) is 108 cm³/mol. The number of hydrogen-bond acceptors (Lipinski definition) is 3. The standard InChI is InChI=1S/C23H20N2O2/c1-15-8-11-19-21(12-15)27-23(25-19)18-10-9-16(2)20(14-18)24-22(26)13-17-6-4-3-5-7-17/h3-12,14H,13H2,1-2H3,(H,24,26). The fourth-order valence-corrected chi connectivity index (χ4v) is 3.02. The molecule has 0 aliphatic carbocycles. The number of nitrogens with one attached hydrogen (secondary N) is 1. The molecule has 0 aliphatic rings. The maximum Gasteiger partial charge on any atom is 0.228 e. The summed E-state index contributed by atoms with van der Waals surface area (Å²) in [7, 11) is 0. The van der Waals surface area contributed by atoms with Gasteiger partial charge in [0.05, 0.1) is 6.42 Å². The van der Waals surface area contributed by atoms with Crippen molar-refractivity contribution in [1.29, 1.82) is 0 Å². The first-order chi connectivity index (χ1) is 13.1. The molecule has 4 nitrogen and oxygen atoms in total. The van der Waals surface area contributed by atoms with Crippen molar-refractivity contribution in [3.8, 4) is 11.5 Å². The van der Waals surface area contributed by atoms with E-state index in [1.807, 2.05) is 80.6 Å².